The summed E-state index contributed by atoms with van der Waals surface area (Å²) >= 11 is 0. The minimum absolute atomic E-state index is 0.00555. The van der Waals surface area contributed by atoms with Gasteiger partial charge in [0.2, 0.25) is 5.91 Å². The zero-order chi connectivity index (χ0) is 14.8. The van der Waals surface area contributed by atoms with Crippen LogP contribution in [0, 0.1) is 0 Å². The molecule has 112 valence electrons. The van der Waals surface area contributed by atoms with E-state index in [9.17, 15) is 13.6 Å². The number of halogens is 2. The van der Waals surface area contributed by atoms with E-state index in [4.69, 9.17) is 0 Å². The van der Waals surface area contributed by atoms with Crippen LogP contribution >= 0.6 is 0 Å². The Morgan fingerprint density at radius 1 is 1.25 bits per heavy atom. The second kappa shape index (κ2) is 9.25. The molecule has 0 heterocycles. The topological polar surface area (TPSA) is 50.4 Å². The molecule has 0 aliphatic heterocycles. The molecule has 1 rings (SSSR count). The summed E-state index contributed by atoms with van der Waals surface area (Å²) in [6.07, 6.45) is 1.85. The largest absolute Gasteiger partial charge is 0.435 e. The van der Waals surface area contributed by atoms with Crippen molar-refractivity contribution in [1.29, 1.82) is 0 Å². The molecular weight excluding hydrogens is 266 g/mol. The van der Waals surface area contributed by atoms with Crippen molar-refractivity contribution < 1.29 is 18.3 Å². The van der Waals surface area contributed by atoms with Crippen molar-refractivity contribution >= 4 is 5.91 Å². The van der Waals surface area contributed by atoms with Gasteiger partial charge >= 0.3 is 6.61 Å². The molecule has 0 radical (unpaired) electrons. The maximum absolute atomic E-state index is 12.0. The molecule has 0 aliphatic rings. The van der Waals surface area contributed by atoms with Gasteiger partial charge in [-0.05, 0) is 44.1 Å². The van der Waals surface area contributed by atoms with Gasteiger partial charge in [-0.1, -0.05) is 12.1 Å². The smallest absolute Gasteiger partial charge is 0.387 e. The van der Waals surface area contributed by atoms with E-state index in [1.807, 2.05) is 7.05 Å². The SMILES string of the molecule is CNCCCNC(=O)CCc1ccc(OC(F)F)cc1. The Kier molecular flexibility index (Phi) is 7.57. The van der Waals surface area contributed by atoms with Crippen molar-refractivity contribution in [3.63, 3.8) is 0 Å². The normalized spacial score (nSPS) is 10.6. The molecule has 1 aromatic rings. The Hall–Kier alpha value is -1.69. The first kappa shape index (κ1) is 16.4. The molecule has 0 saturated heterocycles. The van der Waals surface area contributed by atoms with Gasteiger partial charge in [0, 0.05) is 13.0 Å². The van der Waals surface area contributed by atoms with E-state index >= 15 is 0 Å². The lowest BCUT2D eigenvalue weighted by Crippen LogP contribution is -2.26. The zero-order valence-corrected chi connectivity index (χ0v) is 11.5. The van der Waals surface area contributed by atoms with E-state index in [0.29, 0.717) is 19.4 Å². The predicted octanol–water partition coefficient (Wildman–Crippen LogP) is 1.95. The minimum Gasteiger partial charge on any atom is -0.435 e. The molecule has 4 nitrogen and oxygen atoms in total. The number of aryl methyl sites for hydroxylation is 1. The van der Waals surface area contributed by atoms with E-state index in [1.54, 1.807) is 12.1 Å². The average molecular weight is 286 g/mol. The average Bonchev–Trinajstić information content (AvgIpc) is 2.42. The molecule has 0 bridgehead atoms. The lowest BCUT2D eigenvalue weighted by molar-refractivity contribution is -0.121. The zero-order valence-electron chi connectivity index (χ0n) is 11.5. The molecule has 0 atom stereocenters. The van der Waals surface area contributed by atoms with Crippen molar-refractivity contribution in [2.24, 2.45) is 0 Å². The molecule has 0 unspecified atom stereocenters. The summed E-state index contributed by atoms with van der Waals surface area (Å²) in [5.41, 5.74) is 0.914. The van der Waals surface area contributed by atoms with Crippen molar-refractivity contribution in [2.45, 2.75) is 25.9 Å². The van der Waals surface area contributed by atoms with E-state index in [0.717, 1.165) is 18.5 Å². The molecule has 20 heavy (non-hydrogen) atoms. The number of alkyl halides is 2. The van der Waals surface area contributed by atoms with Crippen LogP contribution in [0.3, 0.4) is 0 Å². The number of amides is 1. The maximum atomic E-state index is 12.0. The Morgan fingerprint density at radius 3 is 2.55 bits per heavy atom. The summed E-state index contributed by atoms with van der Waals surface area (Å²) in [5.74, 6) is 0.120. The van der Waals surface area contributed by atoms with Crippen molar-refractivity contribution in [3.05, 3.63) is 29.8 Å². The molecule has 0 aliphatic carbocycles. The highest BCUT2D eigenvalue weighted by Crippen LogP contribution is 2.15. The van der Waals surface area contributed by atoms with Gasteiger partial charge in [0.25, 0.3) is 0 Å². The number of ether oxygens (including phenoxy) is 1. The van der Waals surface area contributed by atoms with Crippen LogP contribution in [0.5, 0.6) is 5.75 Å². The van der Waals surface area contributed by atoms with Crippen LogP contribution in [0.25, 0.3) is 0 Å². The van der Waals surface area contributed by atoms with Crippen molar-refractivity contribution in [2.75, 3.05) is 20.1 Å². The van der Waals surface area contributed by atoms with Crippen LogP contribution in [0.4, 0.5) is 8.78 Å². The van der Waals surface area contributed by atoms with Crippen LogP contribution in [0.2, 0.25) is 0 Å². The number of nitrogens with one attached hydrogen (secondary N) is 2. The molecule has 0 aromatic heterocycles. The first-order chi connectivity index (χ1) is 9.61. The van der Waals surface area contributed by atoms with E-state index < -0.39 is 6.61 Å². The molecule has 0 saturated carbocycles. The van der Waals surface area contributed by atoms with Gasteiger partial charge in [0.1, 0.15) is 5.75 Å². The second-order valence-corrected chi connectivity index (χ2v) is 4.33. The quantitative estimate of drug-likeness (QED) is 0.682. The molecule has 1 amide bonds. The van der Waals surface area contributed by atoms with E-state index in [-0.39, 0.29) is 11.7 Å². The number of hydrogen-bond acceptors (Lipinski definition) is 3. The third-order valence-electron chi connectivity index (χ3n) is 2.71. The Morgan fingerprint density at radius 2 is 1.95 bits per heavy atom. The molecule has 2 N–H and O–H groups in total. The highest BCUT2D eigenvalue weighted by atomic mass is 19.3. The Labute approximate surface area is 117 Å². The van der Waals surface area contributed by atoms with Crippen LogP contribution in [-0.4, -0.2) is 32.7 Å². The van der Waals surface area contributed by atoms with Crippen LogP contribution in [0.1, 0.15) is 18.4 Å². The van der Waals surface area contributed by atoms with Gasteiger partial charge in [-0.2, -0.15) is 8.78 Å². The van der Waals surface area contributed by atoms with Gasteiger partial charge in [-0.3, -0.25) is 4.79 Å². The fraction of sp³-hybridized carbons (Fsp3) is 0.500. The summed E-state index contributed by atoms with van der Waals surface area (Å²) in [6, 6.07) is 6.33. The van der Waals surface area contributed by atoms with Crippen LogP contribution < -0.4 is 15.4 Å². The summed E-state index contributed by atoms with van der Waals surface area (Å²) in [6.45, 7) is -1.29. The highest BCUT2D eigenvalue weighted by Gasteiger charge is 2.05. The number of hydrogen-bond donors (Lipinski definition) is 2. The van der Waals surface area contributed by atoms with E-state index in [2.05, 4.69) is 15.4 Å². The molecule has 6 heteroatoms. The van der Waals surface area contributed by atoms with Gasteiger partial charge in [0.15, 0.2) is 0 Å². The predicted molar refractivity (Wildman–Crippen MR) is 72.9 cm³/mol. The summed E-state index contributed by atoms with van der Waals surface area (Å²) < 4.78 is 28.2. The summed E-state index contributed by atoms with van der Waals surface area (Å²) in [7, 11) is 1.86. The van der Waals surface area contributed by atoms with Crippen LogP contribution in [-0.2, 0) is 11.2 Å². The molecule has 0 fully saturated rings. The Balaban J connectivity index is 2.25. The third-order valence-corrected chi connectivity index (χ3v) is 2.71. The monoisotopic (exact) mass is 286 g/mol. The fourth-order valence-corrected chi connectivity index (χ4v) is 1.68. The second-order valence-electron chi connectivity index (χ2n) is 4.33. The van der Waals surface area contributed by atoms with Gasteiger partial charge in [0.05, 0.1) is 0 Å². The van der Waals surface area contributed by atoms with Crippen molar-refractivity contribution in [3.8, 4) is 5.75 Å². The standard InChI is InChI=1S/C14H20F2N2O2/c1-17-9-2-10-18-13(19)8-5-11-3-6-12(7-4-11)20-14(15)16/h3-4,6-7,14,17H,2,5,8-10H2,1H3,(H,18,19). The molecule has 0 spiro atoms. The van der Waals surface area contributed by atoms with Crippen LogP contribution in [0.15, 0.2) is 24.3 Å². The molecule has 1 aromatic carbocycles. The number of benzene rings is 1. The Bertz CT molecular complexity index is 397. The van der Waals surface area contributed by atoms with Gasteiger partial charge in [-0.15, -0.1) is 0 Å². The van der Waals surface area contributed by atoms with E-state index in [1.165, 1.54) is 12.1 Å². The third kappa shape index (κ3) is 7.04. The van der Waals surface area contributed by atoms with Gasteiger partial charge in [-0.25, -0.2) is 0 Å². The minimum atomic E-state index is -2.82. The number of carbonyl (C=O) groups is 1. The molecular formula is C14H20F2N2O2. The lowest BCUT2D eigenvalue weighted by Gasteiger charge is -2.07. The number of rotatable bonds is 9. The first-order valence-corrected chi connectivity index (χ1v) is 6.57. The highest BCUT2D eigenvalue weighted by molar-refractivity contribution is 5.76. The first-order valence-electron chi connectivity index (χ1n) is 6.57. The maximum Gasteiger partial charge on any atom is 0.387 e. The number of carbonyl (C=O) groups excluding carboxylic acids is 1. The van der Waals surface area contributed by atoms with Crippen molar-refractivity contribution in [1.82, 2.24) is 10.6 Å². The fourth-order valence-electron chi connectivity index (χ4n) is 1.68. The summed E-state index contributed by atoms with van der Waals surface area (Å²) in [4.78, 5) is 11.5. The van der Waals surface area contributed by atoms with Gasteiger partial charge < -0.3 is 15.4 Å². The summed E-state index contributed by atoms with van der Waals surface area (Å²) in [5, 5.41) is 5.82. The lowest BCUT2D eigenvalue weighted by atomic mass is 10.1.